The summed E-state index contributed by atoms with van der Waals surface area (Å²) in [4.78, 5) is 2.41. The van der Waals surface area contributed by atoms with Gasteiger partial charge in [0.15, 0.2) is 0 Å². The smallest absolute Gasteiger partial charge is 0.00356 e. The molecule has 0 fully saturated rings. The van der Waals surface area contributed by atoms with Crippen LogP contribution in [-0.2, 0) is 0 Å². The van der Waals surface area contributed by atoms with Gasteiger partial charge < -0.3 is 4.90 Å². The average Bonchev–Trinajstić information content (AvgIpc) is 2.03. The SMILES string of the molecule is C=C(C)C(C)CC(C)CN(C)C(C)C. The van der Waals surface area contributed by atoms with Crippen LogP contribution in [0, 0.1) is 11.8 Å². The summed E-state index contributed by atoms with van der Waals surface area (Å²) >= 11 is 0. The second kappa shape index (κ2) is 6.23. The van der Waals surface area contributed by atoms with Crippen LogP contribution in [0.15, 0.2) is 12.2 Å². The molecule has 0 N–H and O–H groups in total. The third-order valence-corrected chi connectivity index (χ3v) is 3.08. The van der Waals surface area contributed by atoms with Gasteiger partial charge in [-0.05, 0) is 46.1 Å². The first kappa shape index (κ1) is 13.7. The summed E-state index contributed by atoms with van der Waals surface area (Å²) in [6.45, 7) is 16.4. The molecule has 0 rings (SSSR count). The lowest BCUT2D eigenvalue weighted by atomic mass is 9.92. The maximum Gasteiger partial charge on any atom is 0.00356 e. The van der Waals surface area contributed by atoms with Crippen LogP contribution >= 0.6 is 0 Å². The summed E-state index contributed by atoms with van der Waals surface area (Å²) in [5.41, 5.74) is 1.31. The molecule has 14 heavy (non-hydrogen) atoms. The molecule has 0 aliphatic rings. The van der Waals surface area contributed by atoms with Gasteiger partial charge in [0, 0.05) is 12.6 Å². The summed E-state index contributed by atoms with van der Waals surface area (Å²) in [6.07, 6.45) is 1.26. The van der Waals surface area contributed by atoms with Crippen molar-refractivity contribution in [3.05, 3.63) is 12.2 Å². The highest BCUT2D eigenvalue weighted by atomic mass is 15.1. The lowest BCUT2D eigenvalue weighted by Crippen LogP contribution is -2.31. The highest BCUT2D eigenvalue weighted by Crippen LogP contribution is 2.18. The standard InChI is InChI=1S/C13H27N/c1-10(2)13(6)8-12(5)9-14(7)11(3)4/h11-13H,1,8-9H2,2-7H3. The zero-order valence-electron chi connectivity index (χ0n) is 10.8. The Morgan fingerprint density at radius 1 is 1.21 bits per heavy atom. The average molecular weight is 197 g/mol. The number of hydrogen-bond acceptors (Lipinski definition) is 1. The van der Waals surface area contributed by atoms with Crippen LogP contribution < -0.4 is 0 Å². The molecule has 0 spiro atoms. The van der Waals surface area contributed by atoms with Crippen LogP contribution in [0.4, 0.5) is 0 Å². The van der Waals surface area contributed by atoms with Gasteiger partial charge in [-0.25, -0.2) is 0 Å². The maximum atomic E-state index is 4.01. The highest BCUT2D eigenvalue weighted by molar-refractivity contribution is 4.94. The van der Waals surface area contributed by atoms with Crippen LogP contribution in [0.25, 0.3) is 0 Å². The van der Waals surface area contributed by atoms with E-state index >= 15 is 0 Å². The Balaban J connectivity index is 3.86. The van der Waals surface area contributed by atoms with E-state index in [-0.39, 0.29) is 0 Å². The van der Waals surface area contributed by atoms with Gasteiger partial charge in [-0.2, -0.15) is 0 Å². The summed E-state index contributed by atoms with van der Waals surface area (Å²) in [5, 5.41) is 0. The van der Waals surface area contributed by atoms with E-state index in [4.69, 9.17) is 0 Å². The van der Waals surface area contributed by atoms with Gasteiger partial charge in [-0.1, -0.05) is 26.0 Å². The molecular formula is C13H27N. The molecule has 0 bridgehead atoms. The van der Waals surface area contributed by atoms with Gasteiger partial charge in [0.1, 0.15) is 0 Å². The van der Waals surface area contributed by atoms with E-state index in [1.54, 1.807) is 0 Å². The fraction of sp³-hybridized carbons (Fsp3) is 0.846. The topological polar surface area (TPSA) is 3.24 Å². The molecule has 84 valence electrons. The molecule has 0 aromatic heterocycles. The van der Waals surface area contributed by atoms with Crippen molar-refractivity contribution in [3.8, 4) is 0 Å². The zero-order valence-corrected chi connectivity index (χ0v) is 10.8. The van der Waals surface area contributed by atoms with Crippen molar-refractivity contribution in [2.75, 3.05) is 13.6 Å². The van der Waals surface area contributed by atoms with Gasteiger partial charge >= 0.3 is 0 Å². The van der Waals surface area contributed by atoms with Crippen molar-refractivity contribution in [2.45, 2.75) is 47.1 Å². The Morgan fingerprint density at radius 3 is 2.07 bits per heavy atom. The van der Waals surface area contributed by atoms with Crippen LogP contribution in [0.2, 0.25) is 0 Å². The van der Waals surface area contributed by atoms with Gasteiger partial charge in [0.25, 0.3) is 0 Å². The number of allylic oxidation sites excluding steroid dienone is 1. The van der Waals surface area contributed by atoms with E-state index < -0.39 is 0 Å². The van der Waals surface area contributed by atoms with Crippen LogP contribution in [0.3, 0.4) is 0 Å². The Morgan fingerprint density at radius 2 is 1.71 bits per heavy atom. The molecule has 0 saturated heterocycles. The normalized spacial score (nSPS) is 16.0. The highest BCUT2D eigenvalue weighted by Gasteiger charge is 2.12. The van der Waals surface area contributed by atoms with E-state index in [2.05, 4.69) is 53.1 Å². The second-order valence-electron chi connectivity index (χ2n) is 5.12. The lowest BCUT2D eigenvalue weighted by Gasteiger charge is -2.26. The second-order valence-corrected chi connectivity index (χ2v) is 5.12. The van der Waals surface area contributed by atoms with Crippen LogP contribution in [0.1, 0.15) is 41.0 Å². The van der Waals surface area contributed by atoms with E-state index in [1.165, 1.54) is 18.5 Å². The molecule has 0 aliphatic heterocycles. The quantitative estimate of drug-likeness (QED) is 0.588. The Labute approximate surface area is 90.2 Å². The van der Waals surface area contributed by atoms with Crippen molar-refractivity contribution in [2.24, 2.45) is 11.8 Å². The molecule has 2 atom stereocenters. The Hall–Kier alpha value is -0.300. The van der Waals surface area contributed by atoms with Crippen molar-refractivity contribution in [1.29, 1.82) is 0 Å². The monoisotopic (exact) mass is 197 g/mol. The summed E-state index contributed by atoms with van der Waals surface area (Å²) in [6, 6.07) is 0.651. The summed E-state index contributed by atoms with van der Waals surface area (Å²) < 4.78 is 0. The fourth-order valence-electron chi connectivity index (χ4n) is 1.58. The first-order valence-corrected chi connectivity index (χ1v) is 5.70. The van der Waals surface area contributed by atoms with E-state index in [0.717, 1.165) is 5.92 Å². The minimum atomic E-state index is 0.651. The molecule has 0 saturated carbocycles. The third-order valence-electron chi connectivity index (χ3n) is 3.08. The number of hydrogen-bond donors (Lipinski definition) is 0. The Bertz CT molecular complexity index is 172. The van der Waals surface area contributed by atoms with E-state index in [9.17, 15) is 0 Å². The first-order chi connectivity index (χ1) is 6.34. The first-order valence-electron chi connectivity index (χ1n) is 5.70. The van der Waals surface area contributed by atoms with Crippen LogP contribution in [-0.4, -0.2) is 24.5 Å². The van der Waals surface area contributed by atoms with Crippen molar-refractivity contribution < 1.29 is 0 Å². The number of rotatable bonds is 6. The van der Waals surface area contributed by atoms with Crippen molar-refractivity contribution in [1.82, 2.24) is 4.90 Å². The predicted molar refractivity (Wildman–Crippen MR) is 65.5 cm³/mol. The van der Waals surface area contributed by atoms with Gasteiger partial charge in [-0.15, -0.1) is 0 Å². The zero-order chi connectivity index (χ0) is 11.3. The number of nitrogens with zero attached hydrogens (tertiary/aromatic N) is 1. The third kappa shape index (κ3) is 5.43. The molecule has 0 aliphatic carbocycles. The molecule has 0 heterocycles. The Kier molecular flexibility index (Phi) is 6.10. The molecular weight excluding hydrogens is 170 g/mol. The fourth-order valence-corrected chi connectivity index (χ4v) is 1.58. The minimum absolute atomic E-state index is 0.651. The molecule has 2 unspecified atom stereocenters. The molecule has 0 radical (unpaired) electrons. The molecule has 1 heteroatoms. The van der Waals surface area contributed by atoms with E-state index in [1.807, 2.05) is 0 Å². The van der Waals surface area contributed by atoms with E-state index in [0.29, 0.717) is 12.0 Å². The minimum Gasteiger partial charge on any atom is -0.304 e. The maximum absolute atomic E-state index is 4.01. The summed E-state index contributed by atoms with van der Waals surface area (Å²) in [7, 11) is 2.20. The molecule has 0 amide bonds. The molecule has 0 aromatic carbocycles. The molecule has 1 nitrogen and oxygen atoms in total. The van der Waals surface area contributed by atoms with Gasteiger partial charge in [0.2, 0.25) is 0 Å². The van der Waals surface area contributed by atoms with Crippen molar-refractivity contribution in [3.63, 3.8) is 0 Å². The summed E-state index contributed by atoms with van der Waals surface area (Å²) in [5.74, 6) is 1.42. The lowest BCUT2D eigenvalue weighted by molar-refractivity contribution is 0.224. The largest absolute Gasteiger partial charge is 0.304 e. The van der Waals surface area contributed by atoms with Gasteiger partial charge in [0.05, 0.1) is 0 Å². The van der Waals surface area contributed by atoms with Crippen molar-refractivity contribution >= 4 is 0 Å². The predicted octanol–water partition coefficient (Wildman–Crippen LogP) is 3.57. The molecule has 0 aromatic rings. The van der Waals surface area contributed by atoms with Gasteiger partial charge in [-0.3, -0.25) is 0 Å². The van der Waals surface area contributed by atoms with Crippen LogP contribution in [0.5, 0.6) is 0 Å².